The van der Waals surface area contributed by atoms with E-state index >= 15 is 0 Å². The molecule has 0 unspecified atom stereocenters. The normalized spacial score (nSPS) is 19.3. The molecule has 2 amide bonds. The first-order valence-electron chi connectivity index (χ1n) is 10.4. The van der Waals surface area contributed by atoms with Gasteiger partial charge in [0.05, 0.1) is 19.3 Å². The van der Waals surface area contributed by atoms with Crippen molar-refractivity contribution < 1.29 is 23.1 Å². The van der Waals surface area contributed by atoms with Crippen LogP contribution in [-0.4, -0.2) is 36.1 Å². The van der Waals surface area contributed by atoms with E-state index in [2.05, 4.69) is 0 Å². The molecule has 0 saturated carbocycles. The van der Waals surface area contributed by atoms with Crippen molar-refractivity contribution in [3.63, 3.8) is 0 Å². The first kappa shape index (κ1) is 21.5. The second kappa shape index (κ2) is 8.19. The summed E-state index contributed by atoms with van der Waals surface area (Å²) in [6.07, 6.45) is 0. The number of carbonyl (C=O) groups excluding carboxylic acids is 2. The topological polar surface area (TPSA) is 49.9 Å². The van der Waals surface area contributed by atoms with Crippen LogP contribution < -0.4 is 9.64 Å². The van der Waals surface area contributed by atoms with Crippen molar-refractivity contribution in [2.45, 2.75) is 11.4 Å². The van der Waals surface area contributed by atoms with Gasteiger partial charge in [0, 0.05) is 23.4 Å². The third-order valence-corrected chi connectivity index (χ3v) is 7.37. The fourth-order valence-electron chi connectivity index (χ4n) is 4.47. The minimum atomic E-state index is -1.30. The van der Waals surface area contributed by atoms with Gasteiger partial charge in [0.2, 0.25) is 0 Å². The summed E-state index contributed by atoms with van der Waals surface area (Å²) in [7, 11) is 1.53. The lowest BCUT2D eigenvalue weighted by atomic mass is 10.0. The van der Waals surface area contributed by atoms with Gasteiger partial charge in [-0.3, -0.25) is 9.59 Å². The summed E-state index contributed by atoms with van der Waals surface area (Å²) in [5.74, 6) is -0.524. The smallest absolute Gasteiger partial charge is 0.268 e. The SMILES string of the molecule is COc1ccc2c(c1)[C@]1(SCCN1C(=O)c1cccc(F)c1)C(=O)N2Cc1cccc(F)c1. The quantitative estimate of drug-likeness (QED) is 0.566. The highest BCUT2D eigenvalue weighted by atomic mass is 32.2. The third kappa shape index (κ3) is 3.45. The highest BCUT2D eigenvalue weighted by Crippen LogP contribution is 2.55. The largest absolute Gasteiger partial charge is 0.497 e. The lowest BCUT2D eigenvalue weighted by Crippen LogP contribution is -2.50. The van der Waals surface area contributed by atoms with Crippen molar-refractivity contribution in [2.24, 2.45) is 0 Å². The predicted octanol–water partition coefficient (Wildman–Crippen LogP) is 4.56. The van der Waals surface area contributed by atoms with Crippen molar-refractivity contribution >= 4 is 29.3 Å². The summed E-state index contributed by atoms with van der Waals surface area (Å²) in [5, 5.41) is 0. The molecule has 0 aromatic heterocycles. The summed E-state index contributed by atoms with van der Waals surface area (Å²) in [6, 6.07) is 16.8. The molecule has 8 heteroatoms. The number of rotatable bonds is 4. The maximum Gasteiger partial charge on any atom is 0.268 e. The van der Waals surface area contributed by atoms with E-state index in [-0.39, 0.29) is 23.8 Å². The minimum Gasteiger partial charge on any atom is -0.497 e. The second-order valence-electron chi connectivity index (χ2n) is 7.86. The summed E-state index contributed by atoms with van der Waals surface area (Å²) < 4.78 is 33.0. The van der Waals surface area contributed by atoms with Gasteiger partial charge in [-0.2, -0.15) is 0 Å². The van der Waals surface area contributed by atoms with E-state index in [1.807, 2.05) is 0 Å². The fraction of sp³-hybridized carbons (Fsp3) is 0.200. The molecule has 3 aromatic carbocycles. The molecule has 2 aliphatic rings. The standard InChI is InChI=1S/C25H20F2N2O3S/c1-32-20-8-9-22-21(14-20)25(24(31)28(22)15-16-4-2-6-18(26)12-16)29(10-11-33-25)23(30)17-5-3-7-19(27)13-17/h2-9,12-14H,10-11,15H2,1H3/t25-/m0/s1. The zero-order valence-electron chi connectivity index (χ0n) is 17.8. The van der Waals surface area contributed by atoms with Crippen LogP contribution in [0.15, 0.2) is 66.7 Å². The van der Waals surface area contributed by atoms with Gasteiger partial charge in [0.25, 0.3) is 11.8 Å². The average Bonchev–Trinajstić information content (AvgIpc) is 3.35. The van der Waals surface area contributed by atoms with Crippen LogP contribution in [-0.2, 0) is 16.2 Å². The number of methoxy groups -OCH3 is 1. The Morgan fingerprint density at radius 3 is 2.55 bits per heavy atom. The zero-order valence-corrected chi connectivity index (χ0v) is 18.6. The zero-order chi connectivity index (χ0) is 23.2. The molecule has 1 saturated heterocycles. The van der Waals surface area contributed by atoms with Crippen molar-refractivity contribution in [1.82, 2.24) is 4.90 Å². The molecule has 2 heterocycles. The van der Waals surface area contributed by atoms with E-state index in [0.717, 1.165) is 0 Å². The van der Waals surface area contributed by atoms with Crippen LogP contribution in [0.1, 0.15) is 21.5 Å². The Kier molecular flexibility index (Phi) is 5.32. The number of nitrogens with zero attached hydrogens (tertiary/aromatic N) is 2. The van der Waals surface area contributed by atoms with Crippen LogP contribution in [0.4, 0.5) is 14.5 Å². The summed E-state index contributed by atoms with van der Waals surface area (Å²) in [5.41, 5.74) is 2.08. The Labute approximate surface area is 193 Å². The number of ether oxygens (including phenoxy) is 1. The molecular formula is C25H20F2N2O3S. The van der Waals surface area contributed by atoms with Crippen LogP contribution in [0.3, 0.4) is 0 Å². The van der Waals surface area contributed by atoms with E-state index in [1.54, 1.807) is 41.3 Å². The Morgan fingerprint density at radius 1 is 1.06 bits per heavy atom. The number of benzene rings is 3. The Bertz CT molecular complexity index is 1270. The summed E-state index contributed by atoms with van der Waals surface area (Å²) >= 11 is 1.37. The molecule has 3 aromatic rings. The monoisotopic (exact) mass is 466 g/mol. The fourth-order valence-corrected chi connectivity index (χ4v) is 5.93. The number of thioether (sulfide) groups is 1. The van der Waals surface area contributed by atoms with Gasteiger partial charge in [-0.25, -0.2) is 8.78 Å². The van der Waals surface area contributed by atoms with Gasteiger partial charge in [-0.05, 0) is 54.1 Å². The maximum atomic E-state index is 14.0. The average molecular weight is 467 g/mol. The molecule has 0 N–H and O–H groups in total. The molecule has 1 fully saturated rings. The first-order valence-corrected chi connectivity index (χ1v) is 11.4. The van der Waals surface area contributed by atoms with E-state index in [4.69, 9.17) is 4.74 Å². The van der Waals surface area contributed by atoms with Gasteiger partial charge in [-0.15, -0.1) is 11.8 Å². The number of anilines is 1. The minimum absolute atomic E-state index is 0.153. The molecule has 5 nitrogen and oxygen atoms in total. The molecule has 5 rings (SSSR count). The molecule has 2 aliphatic heterocycles. The third-order valence-electron chi connectivity index (χ3n) is 5.95. The number of fused-ring (bicyclic) bond motifs is 2. The Balaban J connectivity index is 1.62. The molecule has 1 atom stereocenters. The summed E-state index contributed by atoms with van der Waals surface area (Å²) in [4.78, 5) is 29.2. The number of carbonyl (C=O) groups is 2. The number of hydrogen-bond donors (Lipinski definition) is 0. The van der Waals surface area contributed by atoms with E-state index in [0.29, 0.717) is 34.9 Å². The van der Waals surface area contributed by atoms with E-state index in [1.165, 1.54) is 54.1 Å². The van der Waals surface area contributed by atoms with E-state index < -0.39 is 16.6 Å². The molecule has 168 valence electrons. The van der Waals surface area contributed by atoms with Gasteiger partial charge >= 0.3 is 0 Å². The highest BCUT2D eigenvalue weighted by molar-refractivity contribution is 8.01. The van der Waals surface area contributed by atoms with Gasteiger partial charge < -0.3 is 14.5 Å². The van der Waals surface area contributed by atoms with Gasteiger partial charge in [0.15, 0.2) is 4.87 Å². The van der Waals surface area contributed by atoms with Crippen LogP contribution in [0.25, 0.3) is 0 Å². The molecule has 0 bridgehead atoms. The van der Waals surface area contributed by atoms with Gasteiger partial charge in [0.1, 0.15) is 17.4 Å². The van der Waals surface area contributed by atoms with Crippen LogP contribution in [0, 0.1) is 11.6 Å². The predicted molar refractivity (Wildman–Crippen MR) is 122 cm³/mol. The Hall–Kier alpha value is -3.39. The first-order chi connectivity index (χ1) is 15.9. The van der Waals surface area contributed by atoms with Crippen molar-refractivity contribution in [2.75, 3.05) is 24.3 Å². The Morgan fingerprint density at radius 2 is 1.82 bits per heavy atom. The highest BCUT2D eigenvalue weighted by Gasteiger charge is 2.59. The molecule has 0 radical (unpaired) electrons. The van der Waals surface area contributed by atoms with Crippen molar-refractivity contribution in [3.05, 3.63) is 95.1 Å². The number of hydrogen-bond acceptors (Lipinski definition) is 4. The lowest BCUT2D eigenvalue weighted by molar-refractivity contribution is -0.123. The van der Waals surface area contributed by atoms with Crippen LogP contribution in [0.5, 0.6) is 5.75 Å². The molecule has 1 spiro atoms. The molecular weight excluding hydrogens is 446 g/mol. The molecule has 33 heavy (non-hydrogen) atoms. The second-order valence-corrected chi connectivity index (χ2v) is 9.15. The van der Waals surface area contributed by atoms with Gasteiger partial charge in [-0.1, -0.05) is 18.2 Å². The molecule has 0 aliphatic carbocycles. The van der Waals surface area contributed by atoms with Crippen molar-refractivity contribution in [1.29, 1.82) is 0 Å². The summed E-state index contributed by atoms with van der Waals surface area (Å²) in [6.45, 7) is 0.483. The number of amides is 2. The van der Waals surface area contributed by atoms with E-state index in [9.17, 15) is 18.4 Å². The maximum absolute atomic E-state index is 14.0. The van der Waals surface area contributed by atoms with Crippen molar-refractivity contribution in [3.8, 4) is 5.75 Å². The van der Waals surface area contributed by atoms with Crippen LogP contribution >= 0.6 is 11.8 Å². The lowest BCUT2D eigenvalue weighted by Gasteiger charge is -2.33. The number of halogens is 2. The van der Waals surface area contributed by atoms with Crippen LogP contribution in [0.2, 0.25) is 0 Å².